The molecule has 0 radical (unpaired) electrons. The molecule has 4 nitrogen and oxygen atoms in total. The molecule has 0 saturated carbocycles. The van der Waals surface area contributed by atoms with Crippen LogP contribution in [0.1, 0.15) is 39.4 Å². The molecule has 0 aliphatic heterocycles. The van der Waals surface area contributed by atoms with Gasteiger partial charge in [-0.05, 0) is 20.3 Å². The van der Waals surface area contributed by atoms with Crippen molar-refractivity contribution in [2.24, 2.45) is 0 Å². The topological polar surface area (TPSA) is 47.8 Å². The van der Waals surface area contributed by atoms with E-state index in [9.17, 15) is 4.79 Å². The minimum Gasteiger partial charge on any atom is -0.286 e. The van der Waals surface area contributed by atoms with E-state index in [2.05, 4.69) is 10.1 Å². The lowest BCUT2D eigenvalue weighted by atomic mass is 10.2. The lowest BCUT2D eigenvalue weighted by Gasteiger charge is -2.04. The number of thiazole rings is 1. The molecular formula is C12H14ClN3OS. The molecule has 0 amide bonds. The first-order chi connectivity index (χ1) is 8.54. The lowest BCUT2D eigenvalue weighted by molar-refractivity contribution is 0.103. The van der Waals surface area contributed by atoms with Crippen LogP contribution in [0.25, 0.3) is 0 Å². The molecule has 96 valence electrons. The maximum atomic E-state index is 12.5. The number of aryl methyl sites for hydroxylation is 3. The van der Waals surface area contributed by atoms with Crippen molar-refractivity contribution in [2.45, 2.75) is 33.7 Å². The third kappa shape index (κ3) is 2.33. The molecule has 0 aromatic carbocycles. The largest absolute Gasteiger partial charge is 0.286 e. The predicted molar refractivity (Wildman–Crippen MR) is 72.5 cm³/mol. The van der Waals surface area contributed by atoms with E-state index in [1.54, 1.807) is 4.68 Å². The summed E-state index contributed by atoms with van der Waals surface area (Å²) in [7, 11) is 0. The molecule has 2 heterocycles. The summed E-state index contributed by atoms with van der Waals surface area (Å²) in [6.07, 6.45) is 2.42. The number of aromatic nitrogens is 3. The fourth-order valence-electron chi connectivity index (χ4n) is 1.82. The maximum absolute atomic E-state index is 12.5. The Morgan fingerprint density at radius 1 is 1.50 bits per heavy atom. The van der Waals surface area contributed by atoms with Gasteiger partial charge in [0.15, 0.2) is 0 Å². The van der Waals surface area contributed by atoms with E-state index < -0.39 is 0 Å². The molecule has 2 aromatic heterocycles. The van der Waals surface area contributed by atoms with Gasteiger partial charge >= 0.3 is 0 Å². The Morgan fingerprint density at radius 3 is 2.78 bits per heavy atom. The molecule has 6 heteroatoms. The van der Waals surface area contributed by atoms with Gasteiger partial charge in [-0.25, -0.2) is 4.98 Å². The van der Waals surface area contributed by atoms with E-state index in [0.717, 1.165) is 17.1 Å². The van der Waals surface area contributed by atoms with Gasteiger partial charge in [0.1, 0.15) is 5.69 Å². The van der Waals surface area contributed by atoms with E-state index in [-0.39, 0.29) is 5.78 Å². The first-order valence-corrected chi connectivity index (χ1v) is 6.94. The van der Waals surface area contributed by atoms with Crippen LogP contribution in [0.5, 0.6) is 0 Å². The van der Waals surface area contributed by atoms with Gasteiger partial charge in [-0.3, -0.25) is 9.48 Å². The van der Waals surface area contributed by atoms with Gasteiger partial charge in [-0.1, -0.05) is 18.5 Å². The Morgan fingerprint density at radius 2 is 2.22 bits per heavy atom. The standard InChI is InChI=1S/C12H14ClN3OS/c1-4-5-16-10(9(13)6-14-16)11(17)12-7(2)15-8(3)18-12/h6H,4-5H2,1-3H3. The number of carbonyl (C=O) groups excluding carboxylic acids is 1. The summed E-state index contributed by atoms with van der Waals surface area (Å²) in [6.45, 7) is 6.45. The third-order valence-corrected chi connectivity index (χ3v) is 3.90. The van der Waals surface area contributed by atoms with Gasteiger partial charge in [-0.2, -0.15) is 5.10 Å². The Hall–Kier alpha value is -1.20. The number of hydrogen-bond donors (Lipinski definition) is 0. The molecule has 0 fully saturated rings. The van der Waals surface area contributed by atoms with Crippen LogP contribution in [0, 0.1) is 13.8 Å². The highest BCUT2D eigenvalue weighted by molar-refractivity contribution is 7.14. The molecular weight excluding hydrogens is 270 g/mol. The fourth-order valence-corrected chi connectivity index (χ4v) is 2.91. The number of rotatable bonds is 4. The minimum atomic E-state index is -0.0888. The summed E-state index contributed by atoms with van der Waals surface area (Å²) in [5, 5.41) is 5.42. The number of hydrogen-bond acceptors (Lipinski definition) is 4. The summed E-state index contributed by atoms with van der Waals surface area (Å²) < 4.78 is 1.67. The molecule has 0 spiro atoms. The van der Waals surface area contributed by atoms with Gasteiger partial charge in [0.2, 0.25) is 5.78 Å². The van der Waals surface area contributed by atoms with Crippen LogP contribution in [0.15, 0.2) is 6.20 Å². The van der Waals surface area contributed by atoms with Crippen LogP contribution in [-0.2, 0) is 6.54 Å². The molecule has 0 N–H and O–H groups in total. The maximum Gasteiger partial charge on any atom is 0.224 e. The quantitative estimate of drug-likeness (QED) is 0.809. The molecule has 0 bridgehead atoms. The summed E-state index contributed by atoms with van der Waals surface area (Å²) in [5.74, 6) is -0.0888. The van der Waals surface area contributed by atoms with E-state index in [4.69, 9.17) is 11.6 Å². The van der Waals surface area contributed by atoms with Crippen LogP contribution in [0.2, 0.25) is 5.02 Å². The van der Waals surface area contributed by atoms with Crippen molar-refractivity contribution in [3.63, 3.8) is 0 Å². The van der Waals surface area contributed by atoms with E-state index in [0.29, 0.717) is 22.1 Å². The molecule has 2 rings (SSSR count). The zero-order chi connectivity index (χ0) is 13.3. The van der Waals surface area contributed by atoms with Crippen molar-refractivity contribution >= 4 is 28.7 Å². The molecule has 18 heavy (non-hydrogen) atoms. The van der Waals surface area contributed by atoms with Crippen molar-refractivity contribution in [3.05, 3.63) is 32.5 Å². The van der Waals surface area contributed by atoms with Gasteiger partial charge in [-0.15, -0.1) is 11.3 Å². The Bertz CT molecular complexity index is 588. The second kappa shape index (κ2) is 5.20. The lowest BCUT2D eigenvalue weighted by Crippen LogP contribution is -2.11. The number of halogens is 1. The van der Waals surface area contributed by atoms with Crippen LogP contribution in [0.3, 0.4) is 0 Å². The molecule has 0 aliphatic rings. The highest BCUT2D eigenvalue weighted by Gasteiger charge is 2.22. The fraction of sp³-hybridized carbons (Fsp3) is 0.417. The molecule has 0 saturated heterocycles. The molecule has 0 unspecified atom stereocenters. The highest BCUT2D eigenvalue weighted by Crippen LogP contribution is 2.25. The van der Waals surface area contributed by atoms with E-state index in [1.165, 1.54) is 17.5 Å². The zero-order valence-electron chi connectivity index (χ0n) is 10.5. The summed E-state index contributed by atoms with van der Waals surface area (Å²) in [5.41, 5.74) is 1.22. The van der Waals surface area contributed by atoms with Gasteiger partial charge < -0.3 is 0 Å². The number of nitrogens with zero attached hydrogens (tertiary/aromatic N) is 3. The van der Waals surface area contributed by atoms with Crippen molar-refractivity contribution in [3.8, 4) is 0 Å². The highest BCUT2D eigenvalue weighted by atomic mass is 35.5. The normalized spacial score (nSPS) is 10.9. The minimum absolute atomic E-state index is 0.0888. The number of ketones is 1. The Labute approximate surface area is 115 Å². The monoisotopic (exact) mass is 283 g/mol. The van der Waals surface area contributed by atoms with Gasteiger partial charge in [0.25, 0.3) is 0 Å². The average Bonchev–Trinajstić information content (AvgIpc) is 2.82. The van der Waals surface area contributed by atoms with E-state index >= 15 is 0 Å². The van der Waals surface area contributed by atoms with Gasteiger partial charge in [0, 0.05) is 6.54 Å². The first-order valence-electron chi connectivity index (χ1n) is 5.74. The van der Waals surface area contributed by atoms with Crippen molar-refractivity contribution in [1.82, 2.24) is 14.8 Å². The van der Waals surface area contributed by atoms with Crippen LogP contribution in [-0.4, -0.2) is 20.5 Å². The van der Waals surface area contributed by atoms with Gasteiger partial charge in [0.05, 0.1) is 26.8 Å². The van der Waals surface area contributed by atoms with E-state index in [1.807, 2.05) is 20.8 Å². The van der Waals surface area contributed by atoms with Crippen molar-refractivity contribution in [1.29, 1.82) is 0 Å². The smallest absolute Gasteiger partial charge is 0.224 e. The summed E-state index contributed by atoms with van der Waals surface area (Å²) in [6, 6.07) is 0. The second-order valence-corrected chi connectivity index (χ2v) is 5.65. The Kier molecular flexibility index (Phi) is 3.82. The summed E-state index contributed by atoms with van der Waals surface area (Å²) >= 11 is 7.46. The SMILES string of the molecule is CCCn1ncc(Cl)c1C(=O)c1sc(C)nc1C. The second-order valence-electron chi connectivity index (χ2n) is 4.04. The van der Waals surface area contributed by atoms with Crippen LogP contribution >= 0.6 is 22.9 Å². The first kappa shape index (κ1) is 13.2. The van der Waals surface area contributed by atoms with Crippen LogP contribution in [0.4, 0.5) is 0 Å². The Balaban J connectivity index is 2.45. The molecule has 0 aliphatic carbocycles. The zero-order valence-corrected chi connectivity index (χ0v) is 12.1. The van der Waals surface area contributed by atoms with Crippen molar-refractivity contribution < 1.29 is 4.79 Å². The number of carbonyl (C=O) groups is 1. The average molecular weight is 284 g/mol. The predicted octanol–water partition coefficient (Wildman–Crippen LogP) is 3.25. The van der Waals surface area contributed by atoms with Crippen molar-refractivity contribution in [2.75, 3.05) is 0 Å². The third-order valence-electron chi connectivity index (χ3n) is 2.56. The van der Waals surface area contributed by atoms with Crippen LogP contribution < -0.4 is 0 Å². The molecule has 0 atom stereocenters. The summed E-state index contributed by atoms with van der Waals surface area (Å²) in [4.78, 5) is 17.4. The molecule has 2 aromatic rings.